The quantitative estimate of drug-likeness (QED) is 0.0153. The Hall–Kier alpha value is -4.83. The minimum absolute atomic E-state index is 0. The molecule has 0 spiro atoms. The molecule has 4 rings (SSSR count). The average Bonchev–Trinajstić information content (AvgIpc) is 2.97. The number of aromatic hydroxyl groups is 1. The van der Waals surface area contributed by atoms with Gasteiger partial charge in [-0.3, -0.25) is 19.0 Å². The van der Waals surface area contributed by atoms with E-state index in [1.807, 2.05) is 0 Å². The van der Waals surface area contributed by atoms with E-state index in [4.69, 9.17) is 16.9 Å². The zero-order valence-electron chi connectivity index (χ0n) is 23.0. The fourth-order valence-electron chi connectivity index (χ4n) is 3.43. The molecule has 20 nitrogen and oxygen atoms in total. The number of nitrogens with zero attached hydrogens (tertiary/aromatic N) is 8. The summed E-state index contributed by atoms with van der Waals surface area (Å²) in [7, 11) is -14.8. The van der Waals surface area contributed by atoms with E-state index >= 15 is 0 Å². The summed E-state index contributed by atoms with van der Waals surface area (Å²) >= 11 is 5.81. The van der Waals surface area contributed by atoms with Crippen LogP contribution in [0.4, 0.5) is 29.0 Å². The fourth-order valence-corrected chi connectivity index (χ4v) is 5.22. The Bertz CT molecular complexity index is 2310. The van der Waals surface area contributed by atoms with Crippen LogP contribution in [-0.4, -0.2) is 64.8 Å². The summed E-state index contributed by atoms with van der Waals surface area (Å²) in [5.41, 5.74) is 2.02. The Morgan fingerprint density at radius 3 is 2.10 bits per heavy atom. The standard InChI is InChI=1S/C23H16ClN10O10S3.Cu/c24-21-28-22(26-11-25)30-23(29-21)27-16-9-14(46(39,40)41)10-17(19(16)35)32-34-20(12-4-2-1-3-5-12)33-31-15-8-13(45(36,37)38)6-7-18(15)47(42,43)44;/h1-10H,(H6-,26,27,28,29,30,31,32,33,34,35,36,37,38,39,40,41,42,43,44);/q-1;+1. The number of phenolic OH excluding ortho intramolecular Hbond substituents is 1. The third kappa shape index (κ3) is 9.60. The van der Waals surface area contributed by atoms with Crippen molar-refractivity contribution in [2.75, 3.05) is 10.6 Å². The van der Waals surface area contributed by atoms with Gasteiger partial charge >= 0.3 is 17.1 Å². The van der Waals surface area contributed by atoms with Crippen molar-refractivity contribution in [2.45, 2.75) is 14.7 Å². The predicted octanol–water partition coefficient (Wildman–Crippen LogP) is 3.76. The maximum atomic E-state index is 12.0. The zero-order chi connectivity index (χ0) is 34.6. The van der Waals surface area contributed by atoms with Crippen LogP contribution in [0.25, 0.3) is 5.43 Å². The summed E-state index contributed by atoms with van der Waals surface area (Å²) in [4.78, 5) is 8.73. The molecular weight excluding hydrogens is 772 g/mol. The summed E-state index contributed by atoms with van der Waals surface area (Å²) in [6.45, 7) is 0. The van der Waals surface area contributed by atoms with Gasteiger partial charge in [0.2, 0.25) is 17.2 Å². The second kappa shape index (κ2) is 14.9. The van der Waals surface area contributed by atoms with E-state index in [0.717, 1.165) is 6.07 Å². The van der Waals surface area contributed by atoms with Crippen LogP contribution in [0.2, 0.25) is 5.28 Å². The molecule has 0 atom stereocenters. The maximum absolute atomic E-state index is 12.0. The molecule has 0 fully saturated rings. The van der Waals surface area contributed by atoms with Crippen LogP contribution in [0, 0.1) is 11.5 Å². The Morgan fingerprint density at radius 2 is 1.50 bits per heavy atom. The molecule has 0 aliphatic rings. The molecule has 0 bridgehead atoms. The van der Waals surface area contributed by atoms with E-state index in [-0.39, 0.29) is 34.5 Å². The molecule has 0 aliphatic carbocycles. The molecule has 0 aliphatic heterocycles. The number of hydrogen-bond donors (Lipinski definition) is 6. The number of amidine groups is 1. The first-order valence-electron chi connectivity index (χ1n) is 12.0. The van der Waals surface area contributed by atoms with Crippen LogP contribution >= 0.6 is 11.6 Å². The number of aromatic nitrogens is 3. The van der Waals surface area contributed by atoms with Gasteiger partial charge in [-0.1, -0.05) is 42.1 Å². The van der Waals surface area contributed by atoms with Crippen molar-refractivity contribution >= 4 is 76.7 Å². The van der Waals surface area contributed by atoms with Crippen molar-refractivity contribution in [1.82, 2.24) is 15.0 Å². The third-order valence-electron chi connectivity index (χ3n) is 5.43. The van der Waals surface area contributed by atoms with E-state index < -0.39 is 79.0 Å². The van der Waals surface area contributed by atoms with Gasteiger partial charge in [0.05, 0.1) is 20.4 Å². The van der Waals surface area contributed by atoms with Gasteiger partial charge in [-0.2, -0.15) is 45.5 Å². The smallest absolute Gasteiger partial charge is 0.573 e. The molecule has 0 unspecified atom stereocenters. The van der Waals surface area contributed by atoms with Gasteiger partial charge < -0.3 is 21.0 Å². The van der Waals surface area contributed by atoms with Crippen LogP contribution in [0.15, 0.2) is 90.7 Å². The van der Waals surface area contributed by atoms with E-state index in [2.05, 4.69) is 46.3 Å². The molecule has 0 saturated heterocycles. The first kappa shape index (κ1) is 37.6. The number of azo groups is 1. The van der Waals surface area contributed by atoms with Crippen LogP contribution in [0.5, 0.6) is 5.75 Å². The van der Waals surface area contributed by atoms with Crippen molar-refractivity contribution in [2.24, 2.45) is 15.3 Å². The van der Waals surface area contributed by atoms with Crippen LogP contribution in [-0.2, 0) is 47.4 Å². The number of nitriles is 1. The molecule has 254 valence electrons. The summed E-state index contributed by atoms with van der Waals surface area (Å²) in [5, 5.41) is 35.3. The van der Waals surface area contributed by atoms with Gasteiger partial charge in [-0.05, 0) is 35.9 Å². The van der Waals surface area contributed by atoms with Gasteiger partial charge in [0, 0.05) is 5.56 Å². The number of anilines is 3. The SMILES string of the molecule is N#CNc1nc(Cl)nc(Nc2cc(S(=O)(=O)O)cc(N=NC(=N[N-]c3cc(S(=O)(=O)O)ccc3S(=O)(=O)O)c3ccccc3)c2O)n1.[Cu+]. The summed E-state index contributed by atoms with van der Waals surface area (Å²) in [6, 6.07) is 11.0. The molecule has 25 heteroatoms. The van der Waals surface area contributed by atoms with Gasteiger partial charge in [-0.15, -0.1) is 10.2 Å². The van der Waals surface area contributed by atoms with Gasteiger partial charge in [-0.25, -0.2) is 0 Å². The molecule has 3 aromatic carbocycles. The monoisotopic (exact) mass is 786 g/mol. The predicted molar refractivity (Wildman–Crippen MR) is 162 cm³/mol. The number of hydrogen-bond acceptors (Lipinski definition) is 15. The van der Waals surface area contributed by atoms with Gasteiger partial charge in [0.15, 0.2) is 17.8 Å². The Kier molecular flexibility index (Phi) is 11.7. The van der Waals surface area contributed by atoms with Crippen LogP contribution < -0.4 is 10.6 Å². The van der Waals surface area contributed by atoms with E-state index in [0.29, 0.717) is 24.3 Å². The largest absolute Gasteiger partial charge is 1.00 e. The van der Waals surface area contributed by atoms with E-state index in [9.17, 15) is 44.0 Å². The molecule has 1 aromatic heterocycles. The van der Waals surface area contributed by atoms with Crippen molar-refractivity contribution in [3.8, 4) is 11.9 Å². The van der Waals surface area contributed by atoms with Crippen molar-refractivity contribution < 1.29 is 61.1 Å². The summed E-state index contributed by atoms with van der Waals surface area (Å²) in [6.07, 6.45) is 1.56. The maximum Gasteiger partial charge on any atom is 1.00 e. The Labute approximate surface area is 286 Å². The molecule has 48 heavy (non-hydrogen) atoms. The van der Waals surface area contributed by atoms with Gasteiger partial charge in [0.1, 0.15) is 5.69 Å². The number of benzene rings is 3. The van der Waals surface area contributed by atoms with Crippen molar-refractivity contribution in [3.05, 3.63) is 76.9 Å². The number of rotatable bonds is 10. The average molecular weight is 788 g/mol. The summed E-state index contributed by atoms with van der Waals surface area (Å²) in [5.74, 6) is -1.93. The number of phenols is 1. The van der Waals surface area contributed by atoms with Crippen molar-refractivity contribution in [3.63, 3.8) is 0 Å². The molecular formula is C23H16ClCuN10O10S3. The zero-order valence-corrected chi connectivity index (χ0v) is 27.1. The van der Waals surface area contributed by atoms with E-state index in [1.165, 1.54) is 24.3 Å². The Balaban J connectivity index is 0.00000625. The molecule has 4 aromatic rings. The number of halogens is 1. The Morgan fingerprint density at radius 1 is 0.854 bits per heavy atom. The van der Waals surface area contributed by atoms with Crippen LogP contribution in [0.3, 0.4) is 0 Å². The molecule has 0 amide bonds. The first-order chi connectivity index (χ1) is 22.0. The molecule has 1 heterocycles. The minimum Gasteiger partial charge on any atom is -0.573 e. The fraction of sp³-hybridized carbons (Fsp3) is 0. The second-order valence-electron chi connectivity index (χ2n) is 8.60. The second-order valence-corrected chi connectivity index (χ2v) is 13.2. The first-order valence-corrected chi connectivity index (χ1v) is 16.7. The topological polar surface area (TPSA) is 321 Å². The molecule has 6 N–H and O–H groups in total. The van der Waals surface area contributed by atoms with E-state index in [1.54, 1.807) is 12.3 Å². The molecule has 0 saturated carbocycles. The van der Waals surface area contributed by atoms with Crippen molar-refractivity contribution in [1.29, 1.82) is 5.26 Å². The van der Waals surface area contributed by atoms with Gasteiger partial charge in [0.25, 0.3) is 30.4 Å². The van der Waals surface area contributed by atoms with Crippen LogP contribution in [0.1, 0.15) is 5.56 Å². The molecule has 0 radical (unpaired) electrons. The third-order valence-corrected chi connectivity index (χ3v) is 8.18. The minimum atomic E-state index is -4.98. The normalized spacial score (nSPS) is 12.2. The summed E-state index contributed by atoms with van der Waals surface area (Å²) < 4.78 is 99.7. The number of nitrogens with one attached hydrogen (secondary N) is 2.